The molecule has 2 heteroatoms. The van der Waals surface area contributed by atoms with Gasteiger partial charge in [0.05, 0.1) is 12.0 Å². The highest BCUT2D eigenvalue weighted by Gasteiger charge is 2.18. The topological polar surface area (TPSA) is 23.8 Å². The number of nitrogens with zero attached hydrogens (tertiary/aromatic N) is 1. The van der Waals surface area contributed by atoms with E-state index in [0.717, 1.165) is 0 Å². The second kappa shape index (κ2) is 2.46. The molecule has 0 saturated carbocycles. The summed E-state index contributed by atoms with van der Waals surface area (Å²) in [5.41, 5.74) is 0. The predicted octanol–water partition coefficient (Wildman–Crippen LogP) is 1.80. The van der Waals surface area contributed by atoms with Crippen molar-refractivity contribution in [2.45, 2.75) is 25.9 Å². The molecule has 2 atom stereocenters. The Morgan fingerprint density at radius 1 is 1.62 bits per heavy atom. The molecule has 0 bridgehead atoms. The highest BCUT2D eigenvalue weighted by atomic mass is 31.0. The standard InChI is InChI=1S/C6H12NP/c1-5(4-7)6(2,3)8/h5H,8H2,1-3H3. The molecule has 0 heterocycles. The van der Waals surface area contributed by atoms with Gasteiger partial charge in [0.15, 0.2) is 0 Å². The van der Waals surface area contributed by atoms with Crippen LogP contribution >= 0.6 is 9.24 Å². The zero-order valence-corrected chi connectivity index (χ0v) is 6.76. The molecular formula is C6H12NP. The third-order valence-electron chi connectivity index (χ3n) is 1.31. The van der Waals surface area contributed by atoms with E-state index in [-0.39, 0.29) is 11.1 Å². The van der Waals surface area contributed by atoms with Gasteiger partial charge in [0, 0.05) is 0 Å². The number of nitriles is 1. The van der Waals surface area contributed by atoms with Crippen LogP contribution in [0.2, 0.25) is 0 Å². The van der Waals surface area contributed by atoms with Gasteiger partial charge in [-0.2, -0.15) is 5.26 Å². The van der Waals surface area contributed by atoms with Crippen molar-refractivity contribution in [3.63, 3.8) is 0 Å². The maximum atomic E-state index is 8.41. The van der Waals surface area contributed by atoms with E-state index in [1.54, 1.807) is 0 Å². The van der Waals surface area contributed by atoms with E-state index in [4.69, 9.17) is 5.26 Å². The first-order valence-electron chi connectivity index (χ1n) is 2.67. The molecule has 2 unspecified atom stereocenters. The van der Waals surface area contributed by atoms with Crippen molar-refractivity contribution in [2.24, 2.45) is 5.92 Å². The highest BCUT2D eigenvalue weighted by Crippen LogP contribution is 2.25. The minimum absolute atomic E-state index is 0.0642. The second-order valence-electron chi connectivity index (χ2n) is 2.67. The maximum absolute atomic E-state index is 8.41. The van der Waals surface area contributed by atoms with Crippen LogP contribution < -0.4 is 0 Å². The molecule has 0 rings (SSSR count). The third-order valence-corrected chi connectivity index (χ3v) is 1.81. The molecule has 0 aromatic heterocycles. The quantitative estimate of drug-likeness (QED) is 0.495. The lowest BCUT2D eigenvalue weighted by Crippen LogP contribution is -2.18. The lowest BCUT2D eigenvalue weighted by Gasteiger charge is -2.19. The molecule has 0 aliphatic carbocycles. The summed E-state index contributed by atoms with van der Waals surface area (Å²) in [5.74, 6) is 0.118. The zero-order chi connectivity index (χ0) is 6.78. The van der Waals surface area contributed by atoms with Gasteiger partial charge >= 0.3 is 0 Å². The molecule has 1 nitrogen and oxygen atoms in total. The van der Waals surface area contributed by atoms with E-state index in [1.165, 1.54) is 0 Å². The Morgan fingerprint density at radius 2 is 2.00 bits per heavy atom. The Labute approximate surface area is 53.3 Å². The Morgan fingerprint density at radius 3 is 2.00 bits per heavy atom. The van der Waals surface area contributed by atoms with Crippen LogP contribution in [0.15, 0.2) is 0 Å². The molecule has 0 N–H and O–H groups in total. The number of rotatable bonds is 1. The van der Waals surface area contributed by atoms with Crippen LogP contribution in [0.3, 0.4) is 0 Å². The zero-order valence-electron chi connectivity index (χ0n) is 5.60. The van der Waals surface area contributed by atoms with Crippen molar-refractivity contribution in [3.8, 4) is 6.07 Å². The summed E-state index contributed by atoms with van der Waals surface area (Å²) in [6.07, 6.45) is 0. The fraction of sp³-hybridized carbons (Fsp3) is 0.833. The van der Waals surface area contributed by atoms with E-state index in [0.29, 0.717) is 0 Å². The van der Waals surface area contributed by atoms with Crippen LogP contribution in [0.5, 0.6) is 0 Å². The fourth-order valence-corrected chi connectivity index (χ4v) is 0.241. The summed E-state index contributed by atoms with van der Waals surface area (Å²) >= 11 is 0. The van der Waals surface area contributed by atoms with Crippen molar-refractivity contribution in [1.82, 2.24) is 0 Å². The summed E-state index contributed by atoms with van der Waals surface area (Å²) in [4.78, 5) is 0. The van der Waals surface area contributed by atoms with E-state index in [1.807, 2.05) is 20.8 Å². The summed E-state index contributed by atoms with van der Waals surface area (Å²) in [7, 11) is 2.65. The first kappa shape index (κ1) is 7.92. The van der Waals surface area contributed by atoms with Crippen LogP contribution in [0.1, 0.15) is 20.8 Å². The Kier molecular flexibility index (Phi) is 2.44. The average molecular weight is 129 g/mol. The van der Waals surface area contributed by atoms with Crippen LogP contribution in [-0.2, 0) is 0 Å². The first-order chi connectivity index (χ1) is 3.48. The molecule has 0 saturated heterocycles. The largest absolute Gasteiger partial charge is 0.198 e. The molecule has 0 aliphatic heterocycles. The van der Waals surface area contributed by atoms with Gasteiger partial charge in [0.25, 0.3) is 0 Å². The summed E-state index contributed by atoms with van der Waals surface area (Å²) in [5, 5.41) is 8.47. The molecule has 8 heavy (non-hydrogen) atoms. The van der Waals surface area contributed by atoms with Gasteiger partial charge in [-0.3, -0.25) is 0 Å². The van der Waals surface area contributed by atoms with Crippen LogP contribution in [0.4, 0.5) is 0 Å². The lowest BCUT2D eigenvalue weighted by atomic mass is 9.99. The number of hydrogen-bond acceptors (Lipinski definition) is 1. The molecule has 0 aromatic rings. The van der Waals surface area contributed by atoms with Crippen LogP contribution in [-0.4, -0.2) is 5.16 Å². The fourth-order valence-electron chi connectivity index (χ4n) is 0.166. The molecule has 0 spiro atoms. The average Bonchev–Trinajstić information content (AvgIpc) is 1.62. The predicted molar refractivity (Wildman–Crippen MR) is 38.6 cm³/mol. The Hall–Kier alpha value is -0.0800. The molecule has 0 aromatic carbocycles. The molecule has 0 radical (unpaired) electrons. The van der Waals surface area contributed by atoms with Gasteiger partial charge in [-0.05, 0) is 12.1 Å². The van der Waals surface area contributed by atoms with Crippen molar-refractivity contribution < 1.29 is 0 Å². The van der Waals surface area contributed by atoms with Crippen molar-refractivity contribution in [1.29, 1.82) is 5.26 Å². The minimum atomic E-state index is 0.0642. The monoisotopic (exact) mass is 129 g/mol. The van der Waals surface area contributed by atoms with Crippen LogP contribution in [0, 0.1) is 17.2 Å². The molecule has 0 amide bonds. The normalized spacial score (nSPS) is 14.9. The van der Waals surface area contributed by atoms with Gasteiger partial charge in [-0.1, -0.05) is 13.8 Å². The van der Waals surface area contributed by atoms with Gasteiger partial charge in [0.1, 0.15) is 0 Å². The molecule has 46 valence electrons. The van der Waals surface area contributed by atoms with Crippen molar-refractivity contribution in [3.05, 3.63) is 0 Å². The smallest absolute Gasteiger partial charge is 0.0662 e. The van der Waals surface area contributed by atoms with Gasteiger partial charge < -0.3 is 0 Å². The third kappa shape index (κ3) is 2.28. The van der Waals surface area contributed by atoms with Gasteiger partial charge in [0.2, 0.25) is 0 Å². The Bertz CT molecular complexity index is 107. The van der Waals surface area contributed by atoms with Crippen molar-refractivity contribution in [2.75, 3.05) is 0 Å². The van der Waals surface area contributed by atoms with E-state index >= 15 is 0 Å². The molecule has 0 aliphatic rings. The summed E-state index contributed by atoms with van der Waals surface area (Å²) in [6, 6.07) is 2.18. The number of hydrogen-bond donors (Lipinski definition) is 0. The summed E-state index contributed by atoms with van der Waals surface area (Å²) < 4.78 is 0. The van der Waals surface area contributed by atoms with E-state index < -0.39 is 0 Å². The van der Waals surface area contributed by atoms with Gasteiger partial charge in [-0.15, -0.1) is 9.24 Å². The molecular weight excluding hydrogens is 117 g/mol. The second-order valence-corrected chi connectivity index (χ2v) is 4.16. The maximum Gasteiger partial charge on any atom is 0.0662 e. The molecule has 0 fully saturated rings. The summed E-state index contributed by atoms with van der Waals surface area (Å²) in [6.45, 7) is 5.99. The van der Waals surface area contributed by atoms with E-state index in [9.17, 15) is 0 Å². The lowest BCUT2D eigenvalue weighted by molar-refractivity contribution is 0.566. The SMILES string of the molecule is CC(C#N)C(C)(C)P. The van der Waals surface area contributed by atoms with E-state index in [2.05, 4.69) is 15.3 Å². The van der Waals surface area contributed by atoms with Crippen LogP contribution in [0.25, 0.3) is 0 Å². The highest BCUT2D eigenvalue weighted by molar-refractivity contribution is 7.18. The van der Waals surface area contributed by atoms with Gasteiger partial charge in [-0.25, -0.2) is 0 Å². The Balaban J connectivity index is 3.87. The first-order valence-corrected chi connectivity index (χ1v) is 3.24. The van der Waals surface area contributed by atoms with Crippen molar-refractivity contribution >= 4 is 9.24 Å². The minimum Gasteiger partial charge on any atom is -0.198 e.